The van der Waals surface area contributed by atoms with Crippen molar-refractivity contribution in [3.05, 3.63) is 70.8 Å². The lowest BCUT2D eigenvalue weighted by atomic mass is 10.1. The third-order valence-electron chi connectivity index (χ3n) is 9.27. The van der Waals surface area contributed by atoms with E-state index in [4.69, 9.17) is 29.7 Å². The van der Waals surface area contributed by atoms with Crippen LogP contribution in [-0.4, -0.2) is 124 Å². The average molecular weight is 1150 g/mol. The maximum absolute atomic E-state index is 13.9. The van der Waals surface area contributed by atoms with Crippen LogP contribution in [0.2, 0.25) is 90.7 Å². The molecule has 0 saturated heterocycles. The predicted molar refractivity (Wildman–Crippen MR) is 244 cm³/mol. The first-order chi connectivity index (χ1) is 30.4. The van der Waals surface area contributed by atoms with E-state index in [1.54, 1.807) is 0 Å². The Morgan fingerprint density at radius 2 is 0.696 bits per heavy atom. The van der Waals surface area contributed by atoms with Gasteiger partial charge in [0.25, 0.3) is 12.2 Å². The summed E-state index contributed by atoms with van der Waals surface area (Å²) in [7, 11) is -30.1. The highest BCUT2D eigenvalue weighted by atomic mass is 32.2. The molecule has 2 atom stereocenters. The molecule has 0 radical (unpaired) electrons. The third kappa shape index (κ3) is 19.2. The van der Waals surface area contributed by atoms with Crippen LogP contribution in [0.25, 0.3) is 0 Å². The van der Waals surface area contributed by atoms with Gasteiger partial charge in [0.2, 0.25) is 0 Å². The Morgan fingerprint density at radius 3 is 0.913 bits per heavy atom. The number of carbonyl (C=O) groups is 2. The van der Waals surface area contributed by atoms with Crippen LogP contribution in [0.4, 0.5) is 43.9 Å². The van der Waals surface area contributed by atoms with Crippen LogP contribution in [0.5, 0.6) is 0 Å². The Morgan fingerprint density at radius 1 is 0.464 bits per heavy atom. The quantitative estimate of drug-likeness (QED) is 0.0434. The van der Waals surface area contributed by atoms with Crippen LogP contribution in [0.1, 0.15) is 31.8 Å². The minimum atomic E-state index is -6.61. The molecule has 0 aliphatic carbocycles. The molecule has 0 heterocycles. The van der Waals surface area contributed by atoms with Gasteiger partial charge < -0.3 is 30.0 Å². The Hall–Kier alpha value is -2.40. The number of carbonyl (C=O) groups excluding carboxylic acids is 2. The van der Waals surface area contributed by atoms with Gasteiger partial charge in [0.15, 0.2) is 16.6 Å². The fourth-order valence-electron chi connectivity index (χ4n) is 7.07. The topological polar surface area (TPSA) is 207 Å². The Bertz CT molecular complexity index is 2170. The normalized spacial score (nSPS) is 15.4. The molecule has 33 heteroatoms. The fourth-order valence-corrected chi connectivity index (χ4v) is 37.6. The van der Waals surface area contributed by atoms with E-state index in [9.17, 15) is 70.3 Å². The summed E-state index contributed by atoms with van der Waals surface area (Å²) in [5.74, 6) is -3.81. The molecule has 15 nitrogen and oxygen atoms in total. The van der Waals surface area contributed by atoms with E-state index in [0.717, 1.165) is 24.3 Å². The van der Waals surface area contributed by atoms with Gasteiger partial charge in [0.05, 0.1) is 11.1 Å². The smallest absolute Gasteiger partial charge is 0.432 e. The first-order valence-corrected chi connectivity index (χ1v) is 40.7. The molecule has 2 N–H and O–H groups in total. The molecule has 0 aliphatic rings. The zero-order valence-corrected chi connectivity index (χ0v) is 47.0. The predicted octanol–water partition coefficient (Wildman–Crippen LogP) is 9.91. The Labute approximate surface area is 400 Å². The first kappa shape index (κ1) is 62.7. The lowest BCUT2D eigenvalue weighted by molar-refractivity contribution is -0.248. The van der Waals surface area contributed by atoms with E-state index in [2.05, 4.69) is 9.47 Å². The van der Waals surface area contributed by atoms with Crippen LogP contribution in [0.3, 0.4) is 0 Å². The molecule has 396 valence electrons. The summed E-state index contributed by atoms with van der Waals surface area (Å²) in [5, 5.41) is -11.7. The van der Waals surface area contributed by atoms with Crippen molar-refractivity contribution >= 4 is 83.1 Å². The van der Waals surface area contributed by atoms with Crippen molar-refractivity contribution in [2.45, 2.75) is 139 Å². The summed E-state index contributed by atoms with van der Waals surface area (Å²) in [6.07, 6.45) is -20.3. The number of alkyl halides is 10. The van der Waals surface area contributed by atoms with Gasteiger partial charge in [-0.3, -0.25) is 9.11 Å². The summed E-state index contributed by atoms with van der Waals surface area (Å²) in [6, 6.07) is 10.4. The van der Waals surface area contributed by atoms with Crippen LogP contribution < -0.4 is 0 Å². The van der Waals surface area contributed by atoms with Gasteiger partial charge in [-0.25, -0.2) is 9.59 Å². The van der Waals surface area contributed by atoms with Gasteiger partial charge in [0.1, 0.15) is 0 Å². The Kier molecular flexibility index (Phi) is 19.6. The molecule has 2 unspecified atom stereocenters. The minimum Gasteiger partial charge on any atom is -0.441 e. The van der Waals surface area contributed by atoms with Crippen molar-refractivity contribution in [2.24, 2.45) is 0 Å². The van der Waals surface area contributed by atoms with Crippen LogP contribution in [-0.2, 0) is 63.1 Å². The highest BCUT2D eigenvalue weighted by molar-refractivity contribution is 7.87. The molecule has 2 aromatic rings. The second-order valence-electron chi connectivity index (χ2n) is 18.8. The number of hydrogen-bond donors (Lipinski definition) is 2. The van der Waals surface area contributed by atoms with Crippen molar-refractivity contribution < 1.29 is 109 Å². The monoisotopic (exact) mass is 1150 g/mol. The second kappa shape index (κ2) is 21.6. The largest absolute Gasteiger partial charge is 0.441 e. The summed E-state index contributed by atoms with van der Waals surface area (Å²) in [4.78, 5) is 24.6. The fraction of sp³-hybridized carbons (Fsp3) is 0.611. The third-order valence-corrected chi connectivity index (χ3v) is 34.1. The summed E-state index contributed by atoms with van der Waals surface area (Å²) < 4.78 is 237. The van der Waals surface area contributed by atoms with Crippen molar-refractivity contribution in [3.8, 4) is 0 Å². The zero-order chi connectivity index (χ0) is 54.1. The minimum absolute atomic E-state index is 0.364. The molecular formula is C36H56F10O15S2Si6. The van der Waals surface area contributed by atoms with E-state index in [0.29, 0.717) is 36.1 Å². The molecule has 0 aliphatic heterocycles. The molecule has 0 bridgehead atoms. The van der Waals surface area contributed by atoms with Crippen molar-refractivity contribution in [1.29, 1.82) is 0 Å². The first-order valence-electron chi connectivity index (χ1n) is 20.4. The standard InChI is InChI=1S/C36H56F10O15S2Si6/c1-64(2,23-21-25-13-17-27(18-14-25)29(47)55-31(33(37,38)39)35(43,44)62(49,50)51)57-66(5,6)59-68(9,10)61-69(11,12)60-67(7,8)58-65(3,4)24-22-26-15-19-28(20-16-26)30(48)56-32(34(40,41)42)36(45,46)63(52,53)54/h13-20,31-32H,21-24H2,1-12H3,(H,49,50,51)(H,52,53,54). The molecule has 0 amide bonds. The van der Waals surface area contributed by atoms with E-state index in [1.165, 1.54) is 24.3 Å². The maximum atomic E-state index is 13.9. The highest BCUT2D eigenvalue weighted by Crippen LogP contribution is 2.40. The number of rotatable bonds is 24. The van der Waals surface area contributed by atoms with Crippen LogP contribution in [0, 0.1) is 0 Å². The average Bonchev–Trinajstić information content (AvgIpc) is 3.10. The SMILES string of the molecule is C[Si](C)(CCc1ccc(C(=O)OC(C(F)(F)F)C(F)(F)S(=O)(=O)O)cc1)O[Si](C)(C)O[Si](C)(C)O[Si](C)(C)O[Si](C)(C)O[Si](C)(C)CCc1ccc(C(=O)OC(C(F)(F)F)C(F)(F)S(=O)(=O)O)cc1. The number of halogens is 10. The van der Waals surface area contributed by atoms with Crippen molar-refractivity contribution in [3.63, 3.8) is 0 Å². The van der Waals surface area contributed by atoms with E-state index >= 15 is 0 Å². The van der Waals surface area contributed by atoms with Gasteiger partial charge in [-0.05, 0) is 139 Å². The van der Waals surface area contributed by atoms with Crippen LogP contribution in [0.15, 0.2) is 48.5 Å². The number of benzene rings is 2. The number of hydrogen-bond acceptors (Lipinski definition) is 13. The summed E-state index contributed by atoms with van der Waals surface area (Å²) in [6.45, 7) is 22.5. The van der Waals surface area contributed by atoms with Gasteiger partial charge in [-0.1, -0.05) is 24.3 Å². The van der Waals surface area contributed by atoms with Gasteiger partial charge in [0, 0.05) is 0 Å². The number of ether oxygens (including phenoxy) is 2. The van der Waals surface area contributed by atoms with Gasteiger partial charge >= 0.3 is 89.3 Å². The second-order valence-corrected chi connectivity index (χ2v) is 45.1. The van der Waals surface area contributed by atoms with E-state index in [1.807, 2.05) is 78.6 Å². The lowest BCUT2D eigenvalue weighted by Gasteiger charge is -2.43. The van der Waals surface area contributed by atoms with E-state index < -0.39 is 129 Å². The molecule has 0 spiro atoms. The van der Waals surface area contributed by atoms with Gasteiger partial charge in [-0.15, -0.1) is 0 Å². The van der Waals surface area contributed by atoms with Crippen molar-refractivity contribution in [1.82, 2.24) is 0 Å². The molecule has 69 heavy (non-hydrogen) atoms. The lowest BCUT2D eigenvalue weighted by Crippen LogP contribution is -2.60. The van der Waals surface area contributed by atoms with Crippen LogP contribution >= 0.6 is 0 Å². The van der Waals surface area contributed by atoms with Gasteiger partial charge in [-0.2, -0.15) is 60.7 Å². The summed E-state index contributed by atoms with van der Waals surface area (Å²) >= 11 is 0. The number of esters is 2. The molecule has 0 aromatic heterocycles. The molecule has 0 saturated carbocycles. The Balaban J connectivity index is 2.01. The van der Waals surface area contributed by atoms with Crippen molar-refractivity contribution in [2.75, 3.05) is 0 Å². The highest BCUT2D eigenvalue weighted by Gasteiger charge is 2.67. The number of aryl methyl sites for hydroxylation is 2. The zero-order valence-electron chi connectivity index (χ0n) is 39.4. The molecule has 2 aromatic carbocycles. The summed E-state index contributed by atoms with van der Waals surface area (Å²) in [5.41, 5.74) is 0.00169. The maximum Gasteiger partial charge on any atom is 0.432 e. The van der Waals surface area contributed by atoms with E-state index in [-0.39, 0.29) is 0 Å². The molecule has 2 rings (SSSR count). The molecule has 0 fully saturated rings. The molecular weight excluding hydrogens is 1100 g/mol.